The topological polar surface area (TPSA) is 51.2 Å². The van der Waals surface area contributed by atoms with Crippen LogP contribution in [0.15, 0.2) is 36.9 Å². The number of amides is 1. The highest BCUT2D eigenvalue weighted by atomic mass is 32.1. The van der Waals surface area contributed by atoms with Gasteiger partial charge in [-0.05, 0) is 54.9 Å². The minimum absolute atomic E-state index is 0.140. The molecule has 1 heterocycles. The first-order valence-electron chi connectivity index (χ1n) is 9.00. The van der Waals surface area contributed by atoms with Crippen LogP contribution in [0.5, 0.6) is 5.75 Å². The summed E-state index contributed by atoms with van der Waals surface area (Å²) in [5.41, 5.74) is 2.05. The van der Waals surface area contributed by atoms with Crippen LogP contribution in [0.1, 0.15) is 48.1 Å². The number of carbonyl (C=O) groups excluding carboxylic acids is 1. The fourth-order valence-electron chi connectivity index (χ4n) is 3.19. The molecule has 0 saturated carbocycles. The van der Waals surface area contributed by atoms with Gasteiger partial charge in [0.2, 0.25) is 0 Å². The van der Waals surface area contributed by atoms with Crippen molar-refractivity contribution in [2.24, 2.45) is 11.3 Å². The van der Waals surface area contributed by atoms with E-state index in [1.54, 1.807) is 41.7 Å². The Morgan fingerprint density at radius 3 is 2.77 bits per heavy atom. The lowest BCUT2D eigenvalue weighted by Gasteiger charge is -2.33. The summed E-state index contributed by atoms with van der Waals surface area (Å²) in [6, 6.07) is 7.10. The van der Waals surface area contributed by atoms with Crippen LogP contribution >= 0.6 is 11.3 Å². The smallest absolute Gasteiger partial charge is 0.257 e. The van der Waals surface area contributed by atoms with Crippen molar-refractivity contribution in [3.05, 3.63) is 53.1 Å². The Morgan fingerprint density at radius 2 is 2.12 bits per heavy atom. The third-order valence-corrected chi connectivity index (χ3v) is 5.90. The number of hydrogen-bond acceptors (Lipinski definition) is 4. The molecule has 26 heavy (non-hydrogen) atoms. The van der Waals surface area contributed by atoms with Crippen molar-refractivity contribution in [1.29, 1.82) is 0 Å². The fourth-order valence-corrected chi connectivity index (χ4v) is 4.28. The van der Waals surface area contributed by atoms with Gasteiger partial charge >= 0.3 is 0 Å². The molecule has 0 saturated heterocycles. The predicted octanol–water partition coefficient (Wildman–Crippen LogP) is 5.11. The van der Waals surface area contributed by atoms with Gasteiger partial charge in [-0.25, -0.2) is 4.98 Å². The van der Waals surface area contributed by atoms with Gasteiger partial charge in [-0.15, -0.1) is 11.3 Å². The second-order valence-electron chi connectivity index (χ2n) is 7.77. The highest BCUT2D eigenvalue weighted by Crippen LogP contribution is 2.40. The summed E-state index contributed by atoms with van der Waals surface area (Å²) in [6.07, 6.45) is 4.91. The Hall–Kier alpha value is -2.14. The first kappa shape index (κ1) is 18.6. The molecule has 1 aliphatic rings. The van der Waals surface area contributed by atoms with Crippen molar-refractivity contribution in [2.45, 2.75) is 40.0 Å². The zero-order valence-electron chi connectivity index (χ0n) is 15.7. The lowest BCUT2D eigenvalue weighted by atomic mass is 9.73. The number of benzene rings is 1. The van der Waals surface area contributed by atoms with Crippen LogP contribution < -0.4 is 10.1 Å². The molecule has 2 aromatic rings. The van der Waals surface area contributed by atoms with Crippen LogP contribution in [0.2, 0.25) is 0 Å². The Balaban J connectivity index is 1.65. The molecule has 0 bridgehead atoms. The highest BCUT2D eigenvalue weighted by molar-refractivity contribution is 7.15. The van der Waals surface area contributed by atoms with Gasteiger partial charge < -0.3 is 4.74 Å². The van der Waals surface area contributed by atoms with E-state index in [2.05, 4.69) is 37.7 Å². The Labute approximate surface area is 159 Å². The molecule has 0 spiro atoms. The van der Waals surface area contributed by atoms with Crippen LogP contribution in [-0.2, 0) is 12.8 Å². The minimum atomic E-state index is -0.140. The van der Waals surface area contributed by atoms with E-state index in [0.717, 1.165) is 24.3 Å². The van der Waals surface area contributed by atoms with E-state index in [1.807, 2.05) is 0 Å². The van der Waals surface area contributed by atoms with Crippen LogP contribution in [0, 0.1) is 11.3 Å². The molecule has 0 radical (unpaired) electrons. The maximum atomic E-state index is 12.5. The molecule has 1 aliphatic carbocycles. The van der Waals surface area contributed by atoms with Gasteiger partial charge in [0, 0.05) is 10.4 Å². The fraction of sp³-hybridized carbons (Fsp3) is 0.429. The van der Waals surface area contributed by atoms with Gasteiger partial charge in [0.15, 0.2) is 5.13 Å². The molecule has 1 aromatic heterocycles. The summed E-state index contributed by atoms with van der Waals surface area (Å²) < 4.78 is 5.44. The number of aryl methyl sites for hydroxylation is 1. The molecule has 4 nitrogen and oxygen atoms in total. The molecule has 1 atom stereocenters. The third-order valence-electron chi connectivity index (χ3n) is 4.87. The molecule has 1 aromatic carbocycles. The first-order chi connectivity index (χ1) is 12.4. The molecule has 0 unspecified atom stereocenters. The molecule has 3 rings (SSSR count). The molecule has 0 fully saturated rings. The van der Waals surface area contributed by atoms with Crippen LogP contribution in [0.3, 0.4) is 0 Å². The highest BCUT2D eigenvalue weighted by Gasteiger charge is 2.30. The normalized spacial score (nSPS) is 16.7. The van der Waals surface area contributed by atoms with Crippen LogP contribution in [0.25, 0.3) is 0 Å². The Morgan fingerprint density at radius 1 is 1.38 bits per heavy atom. The first-order valence-corrected chi connectivity index (χ1v) is 9.82. The number of ether oxygens (including phenoxy) is 1. The van der Waals surface area contributed by atoms with Crippen LogP contribution in [-0.4, -0.2) is 17.5 Å². The number of aromatic nitrogens is 1. The minimum Gasteiger partial charge on any atom is -0.490 e. The number of carbonyl (C=O) groups is 1. The number of rotatable bonds is 5. The number of fused-ring (bicyclic) bond motifs is 1. The molecule has 1 amide bonds. The number of hydrogen-bond donors (Lipinski definition) is 1. The van der Waals surface area contributed by atoms with Crippen molar-refractivity contribution in [3.63, 3.8) is 0 Å². The van der Waals surface area contributed by atoms with Gasteiger partial charge in [0.1, 0.15) is 12.4 Å². The summed E-state index contributed by atoms with van der Waals surface area (Å²) in [5.74, 6) is 1.25. The molecule has 138 valence electrons. The molecule has 1 N–H and O–H groups in total. The largest absolute Gasteiger partial charge is 0.490 e. The number of nitrogens with zero attached hydrogens (tertiary/aromatic N) is 1. The van der Waals surface area contributed by atoms with Crippen molar-refractivity contribution in [3.8, 4) is 5.75 Å². The molecule has 0 aliphatic heterocycles. The standard InChI is InChI=1S/C21H26N2O2S/c1-5-12-25-16-9-6-14(7-10-16)19(24)23-20-22-17-11-8-15(21(2,3)4)13-18(17)26-20/h5-7,9-10,15H,1,8,11-13H2,2-4H3,(H,22,23,24)/t15-/m0/s1. The summed E-state index contributed by atoms with van der Waals surface area (Å²) >= 11 is 1.61. The second kappa shape index (κ2) is 7.62. The van der Waals surface area contributed by atoms with Crippen molar-refractivity contribution in [1.82, 2.24) is 4.98 Å². The summed E-state index contributed by atoms with van der Waals surface area (Å²) in [7, 11) is 0. The van der Waals surface area contributed by atoms with E-state index < -0.39 is 0 Å². The summed E-state index contributed by atoms with van der Waals surface area (Å²) in [5, 5.41) is 3.64. The van der Waals surface area contributed by atoms with Gasteiger partial charge in [0.05, 0.1) is 5.69 Å². The van der Waals surface area contributed by atoms with Gasteiger partial charge in [-0.3, -0.25) is 10.1 Å². The average molecular weight is 371 g/mol. The van der Waals surface area contributed by atoms with E-state index in [-0.39, 0.29) is 5.91 Å². The number of thiazole rings is 1. The molecular weight excluding hydrogens is 344 g/mol. The van der Waals surface area contributed by atoms with Crippen molar-refractivity contribution in [2.75, 3.05) is 11.9 Å². The summed E-state index contributed by atoms with van der Waals surface area (Å²) in [4.78, 5) is 18.4. The van der Waals surface area contributed by atoms with E-state index >= 15 is 0 Å². The quantitative estimate of drug-likeness (QED) is 0.744. The maximum Gasteiger partial charge on any atom is 0.257 e. The molecule has 5 heteroatoms. The van der Waals surface area contributed by atoms with E-state index in [4.69, 9.17) is 4.74 Å². The van der Waals surface area contributed by atoms with E-state index in [9.17, 15) is 4.79 Å². The van der Waals surface area contributed by atoms with Crippen molar-refractivity contribution >= 4 is 22.4 Å². The van der Waals surface area contributed by atoms with Gasteiger partial charge in [-0.1, -0.05) is 33.4 Å². The Kier molecular flexibility index (Phi) is 5.47. The van der Waals surface area contributed by atoms with Crippen molar-refractivity contribution < 1.29 is 9.53 Å². The second-order valence-corrected chi connectivity index (χ2v) is 8.86. The van der Waals surface area contributed by atoms with Gasteiger partial charge in [-0.2, -0.15) is 0 Å². The zero-order chi connectivity index (χ0) is 18.7. The monoisotopic (exact) mass is 370 g/mol. The molecular formula is C21H26N2O2S. The van der Waals surface area contributed by atoms with E-state index in [0.29, 0.717) is 28.6 Å². The average Bonchev–Trinajstić information content (AvgIpc) is 3.01. The number of anilines is 1. The zero-order valence-corrected chi connectivity index (χ0v) is 16.5. The van der Waals surface area contributed by atoms with Crippen LogP contribution in [0.4, 0.5) is 5.13 Å². The number of nitrogens with one attached hydrogen (secondary N) is 1. The third kappa shape index (κ3) is 4.33. The Bertz CT molecular complexity index is 787. The lowest BCUT2D eigenvalue weighted by Crippen LogP contribution is -2.26. The van der Waals surface area contributed by atoms with Gasteiger partial charge in [0.25, 0.3) is 5.91 Å². The predicted molar refractivity (Wildman–Crippen MR) is 107 cm³/mol. The lowest BCUT2D eigenvalue weighted by molar-refractivity contribution is 0.102. The SMILES string of the molecule is C=CCOc1ccc(C(=O)Nc2nc3c(s2)C[C@@H](C(C)(C)C)CC3)cc1. The maximum absolute atomic E-state index is 12.5. The van der Waals surface area contributed by atoms with E-state index in [1.165, 1.54) is 11.3 Å². The summed E-state index contributed by atoms with van der Waals surface area (Å²) in [6.45, 7) is 11.0.